The minimum Gasteiger partial charge on any atom is -0.466 e. The predicted molar refractivity (Wildman–Crippen MR) is 384 cm³/mol. The number of hydrogen-bond donors (Lipinski definition) is 6. The molecule has 7 unspecified atom stereocenters. The smallest absolute Gasteiger partial charge is 0.305 e. The fourth-order valence-electron chi connectivity index (χ4n) is 12.2. The zero-order valence-electron chi connectivity index (χ0n) is 59.3. The Morgan fingerprint density at radius 1 is 0.407 bits per heavy atom. The van der Waals surface area contributed by atoms with Gasteiger partial charge in [0.05, 0.1) is 32.0 Å². The summed E-state index contributed by atoms with van der Waals surface area (Å²) in [7, 11) is 0. The molecule has 0 spiro atoms. The molecule has 1 aliphatic rings. The van der Waals surface area contributed by atoms with E-state index in [1.165, 1.54) is 276 Å². The summed E-state index contributed by atoms with van der Waals surface area (Å²) < 4.78 is 16.7. The van der Waals surface area contributed by atoms with E-state index in [4.69, 9.17) is 14.2 Å². The van der Waals surface area contributed by atoms with E-state index < -0.39 is 49.5 Å². The highest BCUT2D eigenvalue weighted by atomic mass is 16.7. The van der Waals surface area contributed by atoms with Gasteiger partial charge in [-0.2, -0.15) is 0 Å². The minimum absolute atomic E-state index is 0.0121. The lowest BCUT2D eigenvalue weighted by molar-refractivity contribution is -0.302. The molecule has 7 atom stereocenters. The van der Waals surface area contributed by atoms with Gasteiger partial charge in [-0.15, -0.1) is 0 Å². The Balaban J connectivity index is 1.96. The highest BCUT2D eigenvalue weighted by molar-refractivity contribution is 5.76. The molecular weight excluding hydrogens is 1130 g/mol. The van der Waals surface area contributed by atoms with Gasteiger partial charge in [-0.1, -0.05) is 331 Å². The van der Waals surface area contributed by atoms with Gasteiger partial charge >= 0.3 is 5.97 Å². The number of aliphatic hydroxyl groups is 5. The summed E-state index contributed by atoms with van der Waals surface area (Å²) >= 11 is 0. The van der Waals surface area contributed by atoms with Crippen LogP contribution in [0.2, 0.25) is 0 Å². The van der Waals surface area contributed by atoms with Crippen molar-refractivity contribution in [2.45, 2.75) is 416 Å². The molecule has 1 heterocycles. The Hall–Kier alpha value is -2.64. The molecule has 0 saturated carbocycles. The van der Waals surface area contributed by atoms with Gasteiger partial charge in [0, 0.05) is 12.8 Å². The number of amides is 1. The van der Waals surface area contributed by atoms with Crippen LogP contribution in [0, 0.1) is 0 Å². The second-order valence-electron chi connectivity index (χ2n) is 27.0. The van der Waals surface area contributed by atoms with E-state index in [0.717, 1.165) is 70.6 Å². The first kappa shape index (κ1) is 86.4. The maximum absolute atomic E-state index is 13.1. The van der Waals surface area contributed by atoms with E-state index in [9.17, 15) is 35.1 Å². The number of nitrogens with one attached hydrogen (secondary N) is 1. The number of esters is 1. The molecule has 0 radical (unpaired) electrons. The van der Waals surface area contributed by atoms with E-state index in [0.29, 0.717) is 19.4 Å². The molecule has 532 valence electrons. The zero-order valence-corrected chi connectivity index (χ0v) is 59.3. The van der Waals surface area contributed by atoms with Crippen molar-refractivity contribution in [3.8, 4) is 0 Å². The lowest BCUT2D eigenvalue weighted by atomic mass is 9.99. The number of ether oxygens (including phenoxy) is 3. The van der Waals surface area contributed by atoms with Crippen LogP contribution in [0.25, 0.3) is 0 Å². The Morgan fingerprint density at radius 2 is 0.747 bits per heavy atom. The average Bonchev–Trinajstić information content (AvgIpc) is 1.62. The molecule has 0 aromatic carbocycles. The van der Waals surface area contributed by atoms with Crippen molar-refractivity contribution in [2.75, 3.05) is 19.8 Å². The van der Waals surface area contributed by atoms with Crippen LogP contribution in [0.3, 0.4) is 0 Å². The van der Waals surface area contributed by atoms with Gasteiger partial charge in [0.1, 0.15) is 24.4 Å². The topological polar surface area (TPSA) is 175 Å². The predicted octanol–water partition coefficient (Wildman–Crippen LogP) is 20.9. The number of allylic oxidation sites excluding steroid dienone is 9. The highest BCUT2D eigenvalue weighted by Crippen LogP contribution is 2.23. The molecule has 0 aliphatic carbocycles. The number of unbranched alkanes of at least 4 members (excludes halogenated alkanes) is 47. The Kier molecular flexibility index (Phi) is 65.2. The molecule has 0 aromatic heterocycles. The van der Waals surface area contributed by atoms with Crippen molar-refractivity contribution >= 4 is 11.9 Å². The monoisotopic (exact) mass is 1280 g/mol. The third kappa shape index (κ3) is 57.3. The molecule has 1 rings (SSSR count). The molecule has 11 heteroatoms. The SMILES string of the molecule is CCCCCCC/C=C/CC/C=C/CC/C=C/C(O)C(COC1OC(CO)C(O)C(O)C1O)NC(=O)CCCCCCCCCCCCCCCCCCC/C=C\C/C=C\CCCCCCCCCCCCCCCOC(=O)CCCCCCCCCCCCC. The molecule has 0 aromatic rings. The fourth-order valence-corrected chi connectivity index (χ4v) is 12.2. The van der Waals surface area contributed by atoms with Crippen LogP contribution in [-0.4, -0.2) is 100 Å². The van der Waals surface area contributed by atoms with E-state index in [2.05, 4.69) is 67.8 Å². The van der Waals surface area contributed by atoms with Crippen molar-refractivity contribution in [3.05, 3.63) is 60.8 Å². The third-order valence-corrected chi connectivity index (χ3v) is 18.3. The number of hydrogen-bond acceptors (Lipinski definition) is 10. The summed E-state index contributed by atoms with van der Waals surface area (Å²) in [5.74, 6) is -0.180. The van der Waals surface area contributed by atoms with Crippen LogP contribution in [0.1, 0.15) is 373 Å². The highest BCUT2D eigenvalue weighted by Gasteiger charge is 2.44. The minimum atomic E-state index is -1.58. The lowest BCUT2D eigenvalue weighted by Crippen LogP contribution is -2.60. The van der Waals surface area contributed by atoms with Crippen molar-refractivity contribution in [1.82, 2.24) is 5.32 Å². The maximum atomic E-state index is 13.1. The first-order valence-corrected chi connectivity index (χ1v) is 39.1. The van der Waals surface area contributed by atoms with Gasteiger partial charge in [0.25, 0.3) is 0 Å². The molecule has 1 aliphatic heterocycles. The normalized spacial score (nSPS) is 17.9. The van der Waals surface area contributed by atoms with Crippen LogP contribution >= 0.6 is 0 Å². The van der Waals surface area contributed by atoms with E-state index >= 15 is 0 Å². The van der Waals surface area contributed by atoms with Gasteiger partial charge in [-0.25, -0.2) is 0 Å². The lowest BCUT2D eigenvalue weighted by Gasteiger charge is -2.40. The van der Waals surface area contributed by atoms with E-state index in [1.54, 1.807) is 6.08 Å². The van der Waals surface area contributed by atoms with Crippen molar-refractivity contribution in [3.63, 3.8) is 0 Å². The van der Waals surface area contributed by atoms with Gasteiger partial charge in [0.15, 0.2) is 6.29 Å². The van der Waals surface area contributed by atoms with Crippen molar-refractivity contribution in [2.24, 2.45) is 0 Å². The van der Waals surface area contributed by atoms with E-state index in [-0.39, 0.29) is 18.5 Å². The molecular formula is C80H147NO10. The third-order valence-electron chi connectivity index (χ3n) is 18.3. The van der Waals surface area contributed by atoms with Crippen molar-refractivity contribution < 1.29 is 49.3 Å². The number of rotatable bonds is 69. The molecule has 1 fully saturated rings. The van der Waals surface area contributed by atoms with Crippen LogP contribution in [-0.2, 0) is 23.8 Å². The van der Waals surface area contributed by atoms with Crippen LogP contribution < -0.4 is 5.32 Å². The number of carbonyl (C=O) groups is 2. The van der Waals surface area contributed by atoms with Crippen LogP contribution in [0.5, 0.6) is 0 Å². The zero-order chi connectivity index (χ0) is 65.8. The molecule has 0 bridgehead atoms. The number of aliphatic hydroxyl groups excluding tert-OH is 5. The molecule has 91 heavy (non-hydrogen) atoms. The maximum Gasteiger partial charge on any atom is 0.305 e. The summed E-state index contributed by atoms with van der Waals surface area (Å²) in [5.41, 5.74) is 0. The molecule has 1 amide bonds. The number of carbonyl (C=O) groups excluding carboxylic acids is 2. The molecule has 6 N–H and O–H groups in total. The van der Waals surface area contributed by atoms with Crippen molar-refractivity contribution in [1.29, 1.82) is 0 Å². The van der Waals surface area contributed by atoms with E-state index in [1.807, 2.05) is 6.08 Å². The largest absolute Gasteiger partial charge is 0.466 e. The fraction of sp³-hybridized carbons (Fsp3) is 0.850. The quantitative estimate of drug-likeness (QED) is 0.0195. The molecule has 11 nitrogen and oxygen atoms in total. The van der Waals surface area contributed by atoms with Gasteiger partial charge < -0.3 is 45.1 Å². The van der Waals surface area contributed by atoms with Gasteiger partial charge in [-0.3, -0.25) is 9.59 Å². The second kappa shape index (κ2) is 68.7. The summed E-state index contributed by atoms with van der Waals surface area (Å²) in [6.07, 6.45) is 82.4. The van der Waals surface area contributed by atoms with Gasteiger partial charge in [-0.05, 0) is 89.9 Å². The first-order valence-electron chi connectivity index (χ1n) is 39.1. The average molecular weight is 1280 g/mol. The first-order chi connectivity index (χ1) is 44.7. The summed E-state index contributed by atoms with van der Waals surface area (Å²) in [5, 5.41) is 54.6. The Labute approximate surface area is 560 Å². The summed E-state index contributed by atoms with van der Waals surface area (Å²) in [6, 6.07) is -0.834. The second-order valence-corrected chi connectivity index (χ2v) is 27.0. The van der Waals surface area contributed by atoms with Crippen LogP contribution in [0.4, 0.5) is 0 Å². The van der Waals surface area contributed by atoms with Gasteiger partial charge in [0.2, 0.25) is 5.91 Å². The standard InChI is InChI=1S/C80H147NO10/c1-3-5-7-9-11-13-15-16-40-43-47-50-54-58-62-66-73(83)72(71-90-80-79(88)78(87)77(86)74(70-82)91-80)81-75(84)67-63-59-55-51-48-44-41-38-36-34-32-30-28-26-24-22-20-18-17-19-21-23-25-27-29-31-33-35-37-39-42-45-49-53-57-61-65-69-89-76(85)68-64-60-56-52-46-14-12-10-8-6-4-2/h15-17,19,23,25,47,50,62,66,72-74,77-80,82-83,86-88H,3-14,18,20-22,24,26-46,48-49,51-61,63-65,67-71H2,1-2H3,(H,81,84)/b16-15+,19-17-,25-23-,50-47+,66-62+. The van der Waals surface area contributed by atoms with Crippen LogP contribution in [0.15, 0.2) is 60.8 Å². The Morgan fingerprint density at radius 3 is 1.15 bits per heavy atom. The molecule has 1 saturated heterocycles. The summed E-state index contributed by atoms with van der Waals surface area (Å²) in [6.45, 7) is 4.35. The summed E-state index contributed by atoms with van der Waals surface area (Å²) in [4.78, 5) is 25.1. The Bertz CT molecular complexity index is 1700.